The highest BCUT2D eigenvalue weighted by molar-refractivity contribution is 5.92. The largest absolute Gasteiger partial charge is 0.448 e. The Morgan fingerprint density at radius 3 is 2.71 bits per heavy atom. The monoisotopic (exact) mass is 237 g/mol. The number of rotatable bonds is 2. The van der Waals surface area contributed by atoms with E-state index in [4.69, 9.17) is 10.5 Å². The van der Waals surface area contributed by atoms with Crippen LogP contribution in [0.4, 0.5) is 5.69 Å². The van der Waals surface area contributed by atoms with Gasteiger partial charge in [0.05, 0.1) is 5.69 Å². The van der Waals surface area contributed by atoms with E-state index in [2.05, 4.69) is 0 Å². The lowest BCUT2D eigenvalue weighted by atomic mass is 10.3. The van der Waals surface area contributed by atoms with E-state index >= 15 is 0 Å². The average molecular weight is 237 g/mol. The highest BCUT2D eigenvalue weighted by Gasteiger charge is 2.33. The van der Waals surface area contributed by atoms with Crippen molar-refractivity contribution in [1.82, 2.24) is 9.47 Å². The third-order valence-corrected chi connectivity index (χ3v) is 2.86. The number of carbonyl (C=O) groups is 2. The zero-order valence-corrected chi connectivity index (χ0v) is 9.84. The van der Waals surface area contributed by atoms with Gasteiger partial charge in [0.2, 0.25) is 0 Å². The Balaban J connectivity index is 2.07. The van der Waals surface area contributed by atoms with Crippen LogP contribution in [-0.2, 0) is 16.6 Å². The van der Waals surface area contributed by atoms with Gasteiger partial charge >= 0.3 is 5.97 Å². The van der Waals surface area contributed by atoms with E-state index < -0.39 is 12.1 Å². The number of aromatic nitrogens is 1. The van der Waals surface area contributed by atoms with Crippen LogP contribution in [0.25, 0.3) is 0 Å². The molecule has 0 bridgehead atoms. The van der Waals surface area contributed by atoms with Gasteiger partial charge in [0.1, 0.15) is 5.69 Å². The molecule has 1 unspecified atom stereocenters. The number of amides is 1. The van der Waals surface area contributed by atoms with Crippen molar-refractivity contribution in [1.29, 1.82) is 0 Å². The Bertz CT molecular complexity index is 467. The first-order valence-corrected chi connectivity index (χ1v) is 5.37. The first-order valence-electron chi connectivity index (χ1n) is 5.37. The molecule has 0 aliphatic carbocycles. The number of nitrogens with zero attached hydrogens (tertiary/aromatic N) is 2. The molecule has 0 saturated carbocycles. The van der Waals surface area contributed by atoms with Crippen LogP contribution in [0.5, 0.6) is 0 Å². The predicted octanol–water partition coefficient (Wildman–Crippen LogP) is -0.00520. The molecule has 1 saturated heterocycles. The number of carbonyl (C=O) groups excluding carboxylic acids is 2. The first kappa shape index (κ1) is 11.5. The number of hydrogen-bond donors (Lipinski definition) is 1. The van der Waals surface area contributed by atoms with E-state index in [0.29, 0.717) is 24.3 Å². The van der Waals surface area contributed by atoms with E-state index in [9.17, 15) is 9.59 Å². The van der Waals surface area contributed by atoms with Crippen LogP contribution in [-0.4, -0.2) is 41.0 Å². The molecule has 0 spiro atoms. The Morgan fingerprint density at radius 1 is 1.53 bits per heavy atom. The fourth-order valence-corrected chi connectivity index (χ4v) is 1.88. The number of anilines is 1. The smallest absolute Gasteiger partial charge is 0.355 e. The molecular formula is C11H15N3O3. The van der Waals surface area contributed by atoms with Gasteiger partial charge in [0, 0.05) is 33.3 Å². The second-order valence-electron chi connectivity index (χ2n) is 4.21. The van der Waals surface area contributed by atoms with Gasteiger partial charge in [-0.2, -0.15) is 0 Å². The van der Waals surface area contributed by atoms with Gasteiger partial charge in [-0.3, -0.25) is 4.79 Å². The summed E-state index contributed by atoms with van der Waals surface area (Å²) in [6, 6.07) is 1.53. The first-order chi connectivity index (χ1) is 7.99. The highest BCUT2D eigenvalue weighted by atomic mass is 16.5. The fourth-order valence-electron chi connectivity index (χ4n) is 1.88. The van der Waals surface area contributed by atoms with Gasteiger partial charge in [0.25, 0.3) is 5.91 Å². The van der Waals surface area contributed by atoms with Crippen molar-refractivity contribution in [3.05, 3.63) is 18.0 Å². The lowest BCUT2D eigenvalue weighted by Gasteiger charge is -2.11. The molecule has 1 aromatic rings. The van der Waals surface area contributed by atoms with Gasteiger partial charge in [-0.05, 0) is 6.07 Å². The molecule has 6 nitrogen and oxygen atoms in total. The highest BCUT2D eigenvalue weighted by Crippen LogP contribution is 2.16. The summed E-state index contributed by atoms with van der Waals surface area (Å²) in [5, 5.41) is 0. The number of likely N-dealkylation sites (N-methyl/N-ethyl adjacent to an activating group) is 1. The van der Waals surface area contributed by atoms with Crippen LogP contribution in [0, 0.1) is 0 Å². The second-order valence-corrected chi connectivity index (χ2v) is 4.21. The molecule has 1 aliphatic heterocycles. The summed E-state index contributed by atoms with van der Waals surface area (Å²) < 4.78 is 6.75. The van der Waals surface area contributed by atoms with Crippen molar-refractivity contribution in [2.24, 2.45) is 7.05 Å². The maximum Gasteiger partial charge on any atom is 0.355 e. The minimum Gasteiger partial charge on any atom is -0.448 e. The molecule has 2 heterocycles. The Hall–Kier alpha value is -1.98. The van der Waals surface area contributed by atoms with E-state index in [1.54, 1.807) is 29.8 Å². The molecular weight excluding hydrogens is 222 g/mol. The topological polar surface area (TPSA) is 77.6 Å². The lowest BCUT2D eigenvalue weighted by molar-refractivity contribution is -0.133. The normalized spacial score (nSPS) is 19.8. The van der Waals surface area contributed by atoms with Crippen LogP contribution in [0.1, 0.15) is 16.9 Å². The maximum absolute atomic E-state index is 11.8. The number of aryl methyl sites for hydroxylation is 1. The SMILES string of the molecule is CN1CCC(OC(=O)c2cc(N)cn2C)C1=O. The molecule has 17 heavy (non-hydrogen) atoms. The van der Waals surface area contributed by atoms with Crippen molar-refractivity contribution in [2.75, 3.05) is 19.3 Å². The molecule has 1 amide bonds. The fraction of sp³-hybridized carbons (Fsp3) is 0.455. The van der Waals surface area contributed by atoms with Gasteiger partial charge < -0.3 is 19.9 Å². The van der Waals surface area contributed by atoms with Gasteiger partial charge in [0.15, 0.2) is 6.10 Å². The zero-order chi connectivity index (χ0) is 12.6. The van der Waals surface area contributed by atoms with Crippen LogP contribution >= 0.6 is 0 Å². The van der Waals surface area contributed by atoms with Crippen LogP contribution in [0.3, 0.4) is 0 Å². The molecule has 6 heteroatoms. The Morgan fingerprint density at radius 2 is 2.24 bits per heavy atom. The zero-order valence-electron chi connectivity index (χ0n) is 9.84. The summed E-state index contributed by atoms with van der Waals surface area (Å²) in [7, 11) is 3.40. The number of ether oxygens (including phenoxy) is 1. The lowest BCUT2D eigenvalue weighted by Crippen LogP contribution is -2.29. The van der Waals surface area contributed by atoms with E-state index in [0.717, 1.165) is 0 Å². The van der Waals surface area contributed by atoms with Crippen LogP contribution in [0.2, 0.25) is 0 Å². The third-order valence-electron chi connectivity index (χ3n) is 2.86. The molecule has 1 aromatic heterocycles. The van der Waals surface area contributed by atoms with Crippen LogP contribution in [0.15, 0.2) is 12.3 Å². The second kappa shape index (κ2) is 4.12. The minimum absolute atomic E-state index is 0.152. The summed E-state index contributed by atoms with van der Waals surface area (Å²) in [6.45, 7) is 0.617. The van der Waals surface area contributed by atoms with Crippen molar-refractivity contribution in [2.45, 2.75) is 12.5 Å². The van der Waals surface area contributed by atoms with Crippen molar-refractivity contribution >= 4 is 17.6 Å². The molecule has 1 aliphatic rings. The minimum atomic E-state index is -0.663. The van der Waals surface area contributed by atoms with Gasteiger partial charge in [-0.1, -0.05) is 0 Å². The number of esters is 1. The van der Waals surface area contributed by atoms with Gasteiger partial charge in [-0.15, -0.1) is 0 Å². The Kier molecular flexibility index (Phi) is 2.79. The molecule has 1 atom stereocenters. The molecule has 1 fully saturated rings. The quantitative estimate of drug-likeness (QED) is 0.734. The van der Waals surface area contributed by atoms with Crippen molar-refractivity contribution in [3.8, 4) is 0 Å². The average Bonchev–Trinajstić information content (AvgIpc) is 2.75. The van der Waals surface area contributed by atoms with E-state index in [1.807, 2.05) is 0 Å². The molecule has 2 N–H and O–H groups in total. The van der Waals surface area contributed by atoms with Crippen LogP contribution < -0.4 is 5.73 Å². The van der Waals surface area contributed by atoms with Crippen molar-refractivity contribution < 1.29 is 14.3 Å². The van der Waals surface area contributed by atoms with Gasteiger partial charge in [-0.25, -0.2) is 4.79 Å². The summed E-state index contributed by atoms with van der Waals surface area (Å²) in [5.41, 5.74) is 6.42. The standard InChI is InChI=1S/C11H15N3O3/c1-13-4-3-9(10(13)15)17-11(16)8-5-7(12)6-14(8)2/h5-6,9H,3-4,12H2,1-2H3. The Labute approximate surface area is 98.9 Å². The summed E-state index contributed by atoms with van der Waals surface area (Å²) in [5.74, 6) is -0.668. The molecule has 0 aromatic carbocycles. The predicted molar refractivity (Wildman–Crippen MR) is 61.3 cm³/mol. The summed E-state index contributed by atoms with van der Waals surface area (Å²) in [6.07, 6.45) is 1.50. The number of nitrogens with two attached hydrogens (primary N) is 1. The maximum atomic E-state index is 11.8. The molecule has 0 radical (unpaired) electrons. The number of nitrogen functional groups attached to an aromatic ring is 1. The third kappa shape index (κ3) is 2.11. The number of hydrogen-bond acceptors (Lipinski definition) is 4. The number of likely N-dealkylation sites (tertiary alicyclic amines) is 1. The summed E-state index contributed by atoms with van der Waals surface area (Å²) >= 11 is 0. The van der Waals surface area contributed by atoms with E-state index in [-0.39, 0.29) is 5.91 Å². The molecule has 2 rings (SSSR count). The van der Waals surface area contributed by atoms with E-state index in [1.165, 1.54) is 6.07 Å². The summed E-state index contributed by atoms with van der Waals surface area (Å²) in [4.78, 5) is 25.0. The molecule has 92 valence electrons. The van der Waals surface area contributed by atoms with Crippen molar-refractivity contribution in [3.63, 3.8) is 0 Å².